The zero-order valence-corrected chi connectivity index (χ0v) is 17.5. The molecule has 5 nitrogen and oxygen atoms in total. The number of ether oxygens (including phenoxy) is 1. The van der Waals surface area contributed by atoms with Crippen LogP contribution in [0.2, 0.25) is 0 Å². The minimum Gasteiger partial charge on any atom is -0.481 e. The van der Waals surface area contributed by atoms with Crippen LogP contribution in [0.3, 0.4) is 0 Å². The summed E-state index contributed by atoms with van der Waals surface area (Å²) in [4.78, 5) is 17.8. The van der Waals surface area contributed by atoms with Gasteiger partial charge in [-0.2, -0.15) is 9.78 Å². The molecular formula is C22H20BrN3O2. The lowest BCUT2D eigenvalue weighted by atomic mass is 9.95. The summed E-state index contributed by atoms with van der Waals surface area (Å²) in [5, 5.41) is 4.95. The molecule has 0 saturated carbocycles. The minimum absolute atomic E-state index is 0.192. The van der Waals surface area contributed by atoms with Crippen LogP contribution in [0, 0.1) is 12.3 Å². The van der Waals surface area contributed by atoms with Gasteiger partial charge in [-0.1, -0.05) is 54.8 Å². The first-order valence-electron chi connectivity index (χ1n) is 8.73. The Bertz CT molecular complexity index is 1150. The van der Waals surface area contributed by atoms with Gasteiger partial charge >= 0.3 is 0 Å². The average Bonchev–Trinajstić information content (AvgIpc) is 2.65. The van der Waals surface area contributed by atoms with Gasteiger partial charge in [-0.25, -0.2) is 4.98 Å². The van der Waals surface area contributed by atoms with Gasteiger partial charge in [0.15, 0.2) is 0 Å². The first-order valence-corrected chi connectivity index (χ1v) is 9.52. The van der Waals surface area contributed by atoms with E-state index in [0.29, 0.717) is 22.5 Å². The molecule has 28 heavy (non-hydrogen) atoms. The molecule has 0 bridgehead atoms. The SMILES string of the molecule is C#CCOc1cccc(C=Nn2c(C(C)(C)C)nc3ccc(Br)cc3c2=O)c1. The first-order chi connectivity index (χ1) is 13.3. The van der Waals surface area contributed by atoms with Crippen molar-refractivity contribution in [3.63, 3.8) is 0 Å². The summed E-state index contributed by atoms with van der Waals surface area (Å²) < 4.78 is 7.62. The predicted octanol–water partition coefficient (Wildman–Crippen LogP) is 4.35. The monoisotopic (exact) mass is 437 g/mol. The second-order valence-corrected chi connectivity index (χ2v) is 8.19. The maximum atomic E-state index is 13.1. The smallest absolute Gasteiger partial charge is 0.282 e. The number of terminal acetylenes is 1. The number of hydrogen-bond acceptors (Lipinski definition) is 4. The standard InChI is InChI=1S/C22H20BrN3O2/c1-5-11-28-17-8-6-7-15(12-17)14-24-26-20(27)18-13-16(23)9-10-19(18)25-21(26)22(2,3)4/h1,6-10,12-14H,11H2,2-4H3. The molecule has 0 saturated heterocycles. The molecule has 0 unspecified atom stereocenters. The van der Waals surface area contributed by atoms with E-state index in [-0.39, 0.29) is 17.6 Å². The summed E-state index contributed by atoms with van der Waals surface area (Å²) in [6, 6.07) is 12.8. The lowest BCUT2D eigenvalue weighted by Gasteiger charge is -2.20. The van der Waals surface area contributed by atoms with Gasteiger partial charge in [-0.05, 0) is 35.9 Å². The van der Waals surface area contributed by atoms with Crippen molar-refractivity contribution in [3.8, 4) is 18.1 Å². The molecule has 2 aromatic carbocycles. The highest BCUT2D eigenvalue weighted by molar-refractivity contribution is 9.10. The van der Waals surface area contributed by atoms with Crippen LogP contribution in [-0.2, 0) is 5.41 Å². The quantitative estimate of drug-likeness (QED) is 0.450. The third kappa shape index (κ3) is 4.32. The Morgan fingerprint density at radius 2 is 2.07 bits per heavy atom. The van der Waals surface area contributed by atoms with Crippen LogP contribution in [-0.4, -0.2) is 22.5 Å². The van der Waals surface area contributed by atoms with Crippen LogP contribution in [0.25, 0.3) is 10.9 Å². The van der Waals surface area contributed by atoms with E-state index in [4.69, 9.17) is 16.1 Å². The van der Waals surface area contributed by atoms with Crippen LogP contribution in [0.5, 0.6) is 5.75 Å². The summed E-state index contributed by atoms with van der Waals surface area (Å²) in [6.07, 6.45) is 6.85. The minimum atomic E-state index is -0.366. The molecule has 6 heteroatoms. The molecule has 0 aliphatic heterocycles. The lowest BCUT2D eigenvalue weighted by Crippen LogP contribution is -2.29. The van der Waals surface area contributed by atoms with E-state index in [1.165, 1.54) is 4.68 Å². The molecule has 0 aliphatic carbocycles. The van der Waals surface area contributed by atoms with Crippen LogP contribution < -0.4 is 10.3 Å². The van der Waals surface area contributed by atoms with Gasteiger partial charge in [0.1, 0.15) is 18.2 Å². The van der Waals surface area contributed by atoms with Crippen molar-refractivity contribution in [2.24, 2.45) is 5.10 Å². The Morgan fingerprint density at radius 1 is 1.29 bits per heavy atom. The van der Waals surface area contributed by atoms with Crippen molar-refractivity contribution in [2.75, 3.05) is 6.61 Å². The average molecular weight is 438 g/mol. The first kappa shape index (κ1) is 19.8. The number of hydrogen-bond donors (Lipinski definition) is 0. The molecule has 3 rings (SSSR count). The summed E-state index contributed by atoms with van der Waals surface area (Å²) in [5.41, 5.74) is 0.854. The van der Waals surface area contributed by atoms with E-state index in [2.05, 4.69) is 27.0 Å². The van der Waals surface area contributed by atoms with Gasteiger partial charge in [0.2, 0.25) is 0 Å². The summed E-state index contributed by atoms with van der Waals surface area (Å²) in [5.74, 6) is 3.66. The van der Waals surface area contributed by atoms with Crippen molar-refractivity contribution in [2.45, 2.75) is 26.2 Å². The molecule has 0 spiro atoms. The highest BCUT2D eigenvalue weighted by Gasteiger charge is 2.22. The highest BCUT2D eigenvalue weighted by atomic mass is 79.9. The Labute approximate surface area is 172 Å². The molecule has 1 aromatic heterocycles. The van der Waals surface area contributed by atoms with E-state index in [0.717, 1.165) is 10.0 Å². The third-order valence-corrected chi connectivity index (χ3v) is 4.47. The van der Waals surface area contributed by atoms with Crippen LogP contribution >= 0.6 is 15.9 Å². The van der Waals surface area contributed by atoms with Crippen molar-refractivity contribution >= 4 is 33.0 Å². The zero-order chi connectivity index (χ0) is 20.3. The molecular weight excluding hydrogens is 418 g/mol. The number of fused-ring (bicyclic) bond motifs is 1. The molecule has 0 fully saturated rings. The largest absolute Gasteiger partial charge is 0.481 e. The van der Waals surface area contributed by atoms with Gasteiger partial charge in [-0.3, -0.25) is 4.79 Å². The number of benzene rings is 2. The second-order valence-electron chi connectivity index (χ2n) is 7.27. The summed E-state index contributed by atoms with van der Waals surface area (Å²) in [7, 11) is 0. The fourth-order valence-electron chi connectivity index (χ4n) is 2.68. The van der Waals surface area contributed by atoms with Gasteiger partial charge in [0.25, 0.3) is 5.56 Å². The van der Waals surface area contributed by atoms with Crippen LogP contribution in [0.4, 0.5) is 0 Å². The maximum Gasteiger partial charge on any atom is 0.282 e. The van der Waals surface area contributed by atoms with Crippen molar-refractivity contribution < 1.29 is 4.74 Å². The fraction of sp³-hybridized carbons (Fsp3) is 0.227. The summed E-state index contributed by atoms with van der Waals surface area (Å²) in [6.45, 7) is 6.19. The molecule has 0 N–H and O–H groups in total. The maximum absolute atomic E-state index is 13.1. The zero-order valence-electron chi connectivity index (χ0n) is 15.9. The number of aromatic nitrogens is 2. The molecule has 0 atom stereocenters. The lowest BCUT2D eigenvalue weighted by molar-refractivity contribution is 0.370. The fourth-order valence-corrected chi connectivity index (χ4v) is 3.04. The van der Waals surface area contributed by atoms with E-state index in [9.17, 15) is 4.79 Å². The van der Waals surface area contributed by atoms with E-state index in [1.54, 1.807) is 12.3 Å². The van der Waals surface area contributed by atoms with Gasteiger partial charge < -0.3 is 4.74 Å². The highest BCUT2D eigenvalue weighted by Crippen LogP contribution is 2.23. The Balaban J connectivity index is 2.11. The van der Waals surface area contributed by atoms with Crippen LogP contribution in [0.15, 0.2) is 56.8 Å². The molecule has 0 aliphatic rings. The van der Waals surface area contributed by atoms with Gasteiger partial charge in [-0.15, -0.1) is 6.42 Å². The Hall–Kier alpha value is -2.91. The molecule has 1 heterocycles. The molecule has 3 aromatic rings. The summed E-state index contributed by atoms with van der Waals surface area (Å²) >= 11 is 3.41. The second kappa shape index (κ2) is 7.99. The molecule has 142 valence electrons. The number of nitrogens with zero attached hydrogens (tertiary/aromatic N) is 3. The van der Waals surface area contributed by atoms with Crippen molar-refractivity contribution in [1.82, 2.24) is 9.66 Å². The van der Waals surface area contributed by atoms with E-state index >= 15 is 0 Å². The predicted molar refractivity (Wildman–Crippen MR) is 116 cm³/mol. The molecule has 0 radical (unpaired) electrons. The molecule has 0 amide bonds. The van der Waals surface area contributed by atoms with Gasteiger partial charge in [0, 0.05) is 9.89 Å². The van der Waals surface area contributed by atoms with Crippen molar-refractivity contribution in [1.29, 1.82) is 0 Å². The van der Waals surface area contributed by atoms with E-state index < -0.39 is 0 Å². The normalized spacial score (nSPS) is 11.7. The topological polar surface area (TPSA) is 56.5 Å². The Kier molecular flexibility index (Phi) is 5.66. The van der Waals surface area contributed by atoms with Crippen molar-refractivity contribution in [3.05, 3.63) is 68.7 Å². The Morgan fingerprint density at radius 3 is 2.79 bits per heavy atom. The van der Waals surface area contributed by atoms with Gasteiger partial charge in [0.05, 0.1) is 17.1 Å². The number of halogens is 1. The van der Waals surface area contributed by atoms with Crippen LogP contribution in [0.1, 0.15) is 32.2 Å². The number of rotatable bonds is 4. The third-order valence-electron chi connectivity index (χ3n) is 3.98. The van der Waals surface area contributed by atoms with E-state index in [1.807, 2.05) is 57.2 Å².